The van der Waals surface area contributed by atoms with E-state index in [4.69, 9.17) is 4.18 Å². The first-order valence-corrected chi connectivity index (χ1v) is 12.4. The molecule has 0 saturated carbocycles. The molecule has 5 nitrogen and oxygen atoms in total. The summed E-state index contributed by atoms with van der Waals surface area (Å²) in [4.78, 5) is 0.663. The zero-order valence-corrected chi connectivity index (χ0v) is 18.5. The van der Waals surface area contributed by atoms with Crippen LogP contribution in [0.4, 0.5) is 0 Å². The van der Waals surface area contributed by atoms with Crippen LogP contribution in [0, 0.1) is 6.92 Å². The number of allylic oxidation sites excluding steroid dienone is 2. The highest BCUT2D eigenvalue weighted by molar-refractivity contribution is 14.1. The van der Waals surface area contributed by atoms with Crippen LogP contribution in [0.2, 0.25) is 0 Å². The van der Waals surface area contributed by atoms with E-state index in [9.17, 15) is 16.8 Å². The van der Waals surface area contributed by atoms with Gasteiger partial charge in [-0.2, -0.15) is 8.42 Å². The number of halogens is 1. The van der Waals surface area contributed by atoms with Crippen molar-refractivity contribution < 1.29 is 21.0 Å². The minimum Gasteiger partial charge on any atom is -0.379 e. The monoisotopic (exact) mass is 518 g/mol. The Labute approximate surface area is 173 Å². The molecular weight excluding hydrogens is 499 g/mol. The number of aryl methyl sites for hydroxylation is 1. The summed E-state index contributed by atoms with van der Waals surface area (Å²) in [5, 5.41) is 0. The van der Waals surface area contributed by atoms with Gasteiger partial charge < -0.3 is 4.18 Å². The lowest BCUT2D eigenvalue weighted by atomic mass is 10.1. The third-order valence-corrected chi connectivity index (χ3v) is 9.14. The molecule has 1 aliphatic rings. The smallest absolute Gasteiger partial charge is 0.339 e. The van der Waals surface area contributed by atoms with Crippen molar-refractivity contribution in [3.8, 4) is 5.75 Å². The first-order valence-electron chi connectivity index (χ1n) is 8.44. The van der Waals surface area contributed by atoms with Crippen LogP contribution in [0.25, 0.3) is 0 Å². The molecule has 0 spiro atoms. The second-order valence-electron chi connectivity index (χ2n) is 6.36. The molecule has 0 atom stereocenters. The lowest BCUT2D eigenvalue weighted by Gasteiger charge is -2.17. The molecule has 0 unspecified atom stereocenters. The average Bonchev–Trinajstić information content (AvgIpc) is 2.62. The summed E-state index contributed by atoms with van der Waals surface area (Å²) in [6.45, 7) is 1.86. The molecule has 144 valence electrons. The van der Waals surface area contributed by atoms with E-state index in [2.05, 4.69) is 22.6 Å². The van der Waals surface area contributed by atoms with E-state index in [0.717, 1.165) is 28.4 Å². The molecule has 3 rings (SSSR count). The van der Waals surface area contributed by atoms with Gasteiger partial charge in [0, 0.05) is 3.58 Å². The lowest BCUT2D eigenvalue weighted by Crippen LogP contribution is -2.11. The summed E-state index contributed by atoms with van der Waals surface area (Å²) in [6, 6.07) is 11.8. The van der Waals surface area contributed by atoms with Crippen LogP contribution in [0.3, 0.4) is 0 Å². The topological polar surface area (TPSA) is 77.5 Å². The van der Waals surface area contributed by atoms with E-state index >= 15 is 0 Å². The van der Waals surface area contributed by atoms with Crippen LogP contribution in [0.15, 0.2) is 66.8 Å². The highest BCUT2D eigenvalue weighted by Gasteiger charge is 2.26. The van der Waals surface area contributed by atoms with E-state index in [1.165, 1.54) is 36.4 Å². The van der Waals surface area contributed by atoms with Gasteiger partial charge in [-0.25, -0.2) is 8.42 Å². The van der Waals surface area contributed by atoms with Gasteiger partial charge in [0.15, 0.2) is 0 Å². The molecular formula is C19H19IO5S2. The number of hydrogen-bond donors (Lipinski definition) is 0. The van der Waals surface area contributed by atoms with Crippen LogP contribution < -0.4 is 4.18 Å². The average molecular weight is 518 g/mol. The van der Waals surface area contributed by atoms with Gasteiger partial charge in [-0.05, 0) is 91.6 Å². The maximum atomic E-state index is 12.8. The highest BCUT2D eigenvalue weighted by atomic mass is 127. The van der Waals surface area contributed by atoms with Gasteiger partial charge in [-0.15, -0.1) is 0 Å². The molecule has 1 aliphatic carbocycles. The number of rotatable bonds is 5. The van der Waals surface area contributed by atoms with Gasteiger partial charge in [0.25, 0.3) is 0 Å². The van der Waals surface area contributed by atoms with Crippen molar-refractivity contribution >= 4 is 42.5 Å². The number of benzene rings is 2. The Morgan fingerprint density at radius 3 is 1.96 bits per heavy atom. The predicted molar refractivity (Wildman–Crippen MR) is 112 cm³/mol. The Balaban J connectivity index is 1.84. The minimum absolute atomic E-state index is 0.0479. The summed E-state index contributed by atoms with van der Waals surface area (Å²) in [5.41, 5.74) is 0.940. The van der Waals surface area contributed by atoms with Crippen molar-refractivity contribution in [3.63, 3.8) is 0 Å². The van der Waals surface area contributed by atoms with Crippen LogP contribution >= 0.6 is 22.6 Å². The second-order valence-corrected chi connectivity index (χ2v) is 11.2. The van der Waals surface area contributed by atoms with Crippen molar-refractivity contribution in [3.05, 3.63) is 62.6 Å². The largest absolute Gasteiger partial charge is 0.379 e. The summed E-state index contributed by atoms with van der Waals surface area (Å²) >= 11 is 2.10. The van der Waals surface area contributed by atoms with Crippen LogP contribution in [-0.2, 0) is 20.0 Å². The quantitative estimate of drug-likeness (QED) is 0.422. The summed E-state index contributed by atoms with van der Waals surface area (Å²) in [5.74, 6) is 0.0712. The van der Waals surface area contributed by atoms with Gasteiger partial charge in [0.2, 0.25) is 9.84 Å². The second kappa shape index (κ2) is 7.92. The van der Waals surface area contributed by atoms with Crippen molar-refractivity contribution in [1.29, 1.82) is 0 Å². The van der Waals surface area contributed by atoms with Crippen molar-refractivity contribution in [1.82, 2.24) is 0 Å². The Hall–Kier alpha value is -1.39. The van der Waals surface area contributed by atoms with E-state index in [1.54, 1.807) is 12.1 Å². The minimum atomic E-state index is -3.97. The van der Waals surface area contributed by atoms with E-state index in [0.29, 0.717) is 11.3 Å². The highest BCUT2D eigenvalue weighted by Crippen LogP contribution is 2.36. The fraction of sp³-hybridized carbons (Fsp3) is 0.263. The summed E-state index contributed by atoms with van der Waals surface area (Å²) in [6.07, 6.45) is 3.18. The maximum absolute atomic E-state index is 12.8. The molecule has 27 heavy (non-hydrogen) atoms. The zero-order valence-electron chi connectivity index (χ0n) is 14.7. The molecule has 2 aromatic rings. The van der Waals surface area contributed by atoms with E-state index < -0.39 is 20.0 Å². The molecule has 0 bridgehead atoms. The molecule has 0 amide bonds. The third-order valence-electron chi connectivity index (χ3n) is 4.33. The summed E-state index contributed by atoms with van der Waals surface area (Å²) in [7, 11) is -7.53. The molecule has 0 N–H and O–H groups in total. The Bertz CT molecular complexity index is 1070. The first-order chi connectivity index (χ1) is 12.7. The molecule has 8 heteroatoms. The third kappa shape index (κ3) is 4.55. The fourth-order valence-electron chi connectivity index (χ4n) is 2.82. The lowest BCUT2D eigenvalue weighted by molar-refractivity contribution is 0.486. The van der Waals surface area contributed by atoms with Crippen molar-refractivity contribution in [2.75, 3.05) is 0 Å². The molecule has 0 fully saturated rings. The number of sulfone groups is 1. The van der Waals surface area contributed by atoms with Crippen LogP contribution in [0.5, 0.6) is 5.75 Å². The molecule has 0 saturated heterocycles. The van der Waals surface area contributed by atoms with Crippen molar-refractivity contribution in [2.45, 2.75) is 42.4 Å². The Morgan fingerprint density at radius 1 is 0.815 bits per heavy atom. The van der Waals surface area contributed by atoms with Gasteiger partial charge >= 0.3 is 10.1 Å². The van der Waals surface area contributed by atoms with Gasteiger partial charge in [-0.1, -0.05) is 17.7 Å². The van der Waals surface area contributed by atoms with Crippen LogP contribution in [0.1, 0.15) is 31.2 Å². The van der Waals surface area contributed by atoms with E-state index in [-0.39, 0.29) is 15.5 Å². The molecule has 0 radical (unpaired) electrons. The van der Waals surface area contributed by atoms with E-state index in [1.807, 2.05) is 6.92 Å². The molecule has 0 aliphatic heterocycles. The van der Waals surface area contributed by atoms with Crippen molar-refractivity contribution in [2.24, 2.45) is 0 Å². The van der Waals surface area contributed by atoms with Crippen LogP contribution in [-0.4, -0.2) is 16.8 Å². The Kier molecular flexibility index (Phi) is 5.97. The SMILES string of the molecule is Cc1ccc(S(=O)(=O)Oc2ccc(S(=O)(=O)C3=C(I)CCCC3)cc2)cc1. The summed E-state index contributed by atoms with van der Waals surface area (Å²) < 4.78 is 56.3. The molecule has 0 aromatic heterocycles. The normalized spacial score (nSPS) is 15.6. The van der Waals surface area contributed by atoms with Gasteiger partial charge in [0.1, 0.15) is 10.6 Å². The Morgan fingerprint density at radius 2 is 1.37 bits per heavy atom. The predicted octanol–water partition coefficient (Wildman–Crippen LogP) is 4.76. The van der Waals surface area contributed by atoms with Gasteiger partial charge in [0.05, 0.1) is 9.80 Å². The zero-order chi connectivity index (χ0) is 19.7. The standard InChI is InChI=1S/C19H19IO5S2/c1-14-6-10-17(11-7-14)27(23,24)25-15-8-12-16(13-9-15)26(21,22)19-5-3-2-4-18(19)20/h6-13H,2-5H2,1H3. The fourth-order valence-corrected chi connectivity index (χ4v) is 6.85. The molecule has 0 heterocycles. The first kappa shape index (κ1) is 20.3. The maximum Gasteiger partial charge on any atom is 0.339 e. The van der Waals surface area contributed by atoms with Gasteiger partial charge in [-0.3, -0.25) is 0 Å². The molecule has 2 aromatic carbocycles. The number of hydrogen-bond acceptors (Lipinski definition) is 5.